The molecule has 1 saturated carbocycles. The van der Waals surface area contributed by atoms with E-state index in [1.54, 1.807) is 0 Å². The van der Waals surface area contributed by atoms with Crippen LogP contribution in [-0.4, -0.2) is 15.8 Å². The van der Waals surface area contributed by atoms with Gasteiger partial charge in [0, 0.05) is 12.2 Å². The Bertz CT molecular complexity index is 359. The average molecular weight is 263 g/mol. The quantitative estimate of drug-likeness (QED) is 0.833. The third-order valence-electron chi connectivity index (χ3n) is 4.35. The molecule has 1 aromatic heterocycles. The zero-order valence-corrected chi connectivity index (χ0v) is 12.4. The average Bonchev–Trinajstić information content (AvgIpc) is 2.80. The number of nitrogens with two attached hydrogens (primary N) is 1. The van der Waals surface area contributed by atoms with Crippen LogP contribution in [0.3, 0.4) is 0 Å². The second-order valence-electron chi connectivity index (χ2n) is 6.13. The highest BCUT2D eigenvalue weighted by Gasteiger charge is 2.20. The van der Waals surface area contributed by atoms with Crippen LogP contribution >= 0.6 is 0 Å². The molecule has 1 fully saturated rings. The zero-order valence-electron chi connectivity index (χ0n) is 12.4. The number of aromatic nitrogens is 2. The molecular formula is C16H29N3. The predicted octanol–water partition coefficient (Wildman–Crippen LogP) is 3.97. The van der Waals surface area contributed by atoms with Gasteiger partial charge in [0.05, 0.1) is 12.2 Å². The van der Waals surface area contributed by atoms with E-state index in [-0.39, 0.29) is 6.04 Å². The first-order chi connectivity index (χ1) is 9.27. The highest BCUT2D eigenvalue weighted by molar-refractivity contribution is 5.01. The van der Waals surface area contributed by atoms with Gasteiger partial charge in [0.25, 0.3) is 0 Å². The molecule has 1 heterocycles. The molecule has 3 nitrogen and oxygen atoms in total. The van der Waals surface area contributed by atoms with Gasteiger partial charge in [-0.15, -0.1) is 0 Å². The zero-order chi connectivity index (χ0) is 13.5. The smallest absolute Gasteiger partial charge is 0.0670 e. The Morgan fingerprint density at radius 2 is 1.58 bits per heavy atom. The first-order valence-corrected chi connectivity index (χ1v) is 8.04. The molecule has 108 valence electrons. The van der Waals surface area contributed by atoms with E-state index in [1.165, 1.54) is 63.4 Å². The van der Waals surface area contributed by atoms with E-state index < -0.39 is 0 Å². The molecule has 0 aliphatic heterocycles. The van der Waals surface area contributed by atoms with Crippen LogP contribution in [-0.2, 0) is 0 Å². The second kappa shape index (κ2) is 7.68. The Labute approximate surface area is 117 Å². The molecule has 0 bridgehead atoms. The van der Waals surface area contributed by atoms with Gasteiger partial charge < -0.3 is 5.73 Å². The van der Waals surface area contributed by atoms with Crippen molar-refractivity contribution in [2.24, 2.45) is 5.73 Å². The van der Waals surface area contributed by atoms with Gasteiger partial charge in [0.2, 0.25) is 0 Å². The van der Waals surface area contributed by atoms with E-state index >= 15 is 0 Å². The van der Waals surface area contributed by atoms with Crippen molar-refractivity contribution in [3.63, 3.8) is 0 Å². The summed E-state index contributed by atoms with van der Waals surface area (Å²) in [5.41, 5.74) is 7.67. The fourth-order valence-electron chi connectivity index (χ4n) is 3.14. The van der Waals surface area contributed by atoms with Gasteiger partial charge in [0.1, 0.15) is 0 Å². The summed E-state index contributed by atoms with van der Waals surface area (Å²) < 4.78 is 2.12. The Hall–Kier alpha value is -0.830. The molecule has 3 heteroatoms. The Morgan fingerprint density at radius 3 is 2.16 bits per heavy atom. The summed E-state index contributed by atoms with van der Waals surface area (Å²) in [6, 6.07) is 0.659. The van der Waals surface area contributed by atoms with Crippen molar-refractivity contribution in [1.29, 1.82) is 0 Å². The van der Waals surface area contributed by atoms with Crippen molar-refractivity contribution >= 4 is 0 Å². The van der Waals surface area contributed by atoms with Crippen LogP contribution in [0.4, 0.5) is 0 Å². The van der Waals surface area contributed by atoms with Gasteiger partial charge in [-0.3, -0.25) is 4.68 Å². The van der Waals surface area contributed by atoms with Gasteiger partial charge in [-0.2, -0.15) is 5.10 Å². The minimum atomic E-state index is 0.263. The molecular weight excluding hydrogens is 234 g/mol. The van der Waals surface area contributed by atoms with Gasteiger partial charge in [-0.25, -0.2) is 0 Å². The summed E-state index contributed by atoms with van der Waals surface area (Å²) in [4.78, 5) is 0. The summed E-state index contributed by atoms with van der Waals surface area (Å²) >= 11 is 0. The number of hydrogen-bond donors (Lipinski definition) is 1. The molecule has 0 spiro atoms. The molecule has 2 atom stereocenters. The van der Waals surface area contributed by atoms with E-state index in [0.717, 1.165) is 6.42 Å². The van der Waals surface area contributed by atoms with Crippen LogP contribution in [0.2, 0.25) is 0 Å². The molecule has 0 saturated heterocycles. The maximum absolute atomic E-state index is 6.44. The van der Waals surface area contributed by atoms with E-state index in [1.807, 2.05) is 6.20 Å². The van der Waals surface area contributed by atoms with Crippen LogP contribution in [0.1, 0.15) is 75.8 Å². The van der Waals surface area contributed by atoms with Crippen LogP contribution in [0.15, 0.2) is 12.4 Å². The largest absolute Gasteiger partial charge is 0.326 e. The standard InChI is InChI=1S/C16H29N3/c1-14-12-18-19(13-14)16-11-9-7-5-3-2-4-6-8-10-15(16)17/h12-13,15-16H,2-11,17H2,1H3. The van der Waals surface area contributed by atoms with Gasteiger partial charge in [-0.1, -0.05) is 51.4 Å². The fraction of sp³-hybridized carbons (Fsp3) is 0.812. The van der Waals surface area contributed by atoms with Crippen molar-refractivity contribution in [3.8, 4) is 0 Å². The van der Waals surface area contributed by atoms with Gasteiger partial charge in [-0.05, 0) is 25.3 Å². The van der Waals surface area contributed by atoms with Crippen molar-refractivity contribution in [2.75, 3.05) is 0 Å². The summed E-state index contributed by atoms with van der Waals surface area (Å²) in [5, 5.41) is 4.49. The highest BCUT2D eigenvalue weighted by atomic mass is 15.3. The minimum Gasteiger partial charge on any atom is -0.326 e. The molecule has 2 N–H and O–H groups in total. The van der Waals surface area contributed by atoms with E-state index in [9.17, 15) is 0 Å². The normalized spacial score (nSPS) is 27.5. The van der Waals surface area contributed by atoms with Gasteiger partial charge in [0.15, 0.2) is 0 Å². The number of rotatable bonds is 1. The second-order valence-corrected chi connectivity index (χ2v) is 6.13. The summed E-state index contributed by atoms with van der Waals surface area (Å²) in [7, 11) is 0. The fourth-order valence-corrected chi connectivity index (χ4v) is 3.14. The maximum atomic E-state index is 6.44. The summed E-state index contributed by atoms with van der Waals surface area (Å²) in [5.74, 6) is 0. The van der Waals surface area contributed by atoms with E-state index in [2.05, 4.69) is 22.9 Å². The van der Waals surface area contributed by atoms with Crippen molar-refractivity contribution in [1.82, 2.24) is 9.78 Å². The molecule has 0 aromatic carbocycles. The van der Waals surface area contributed by atoms with Crippen molar-refractivity contribution in [3.05, 3.63) is 18.0 Å². The SMILES string of the molecule is Cc1cnn(C2CCCCCCCCCCC2N)c1. The van der Waals surface area contributed by atoms with E-state index in [0.29, 0.717) is 6.04 Å². The molecule has 0 amide bonds. The Balaban J connectivity index is 1.98. The Kier molecular flexibility index (Phi) is 5.90. The van der Waals surface area contributed by atoms with Crippen LogP contribution in [0, 0.1) is 6.92 Å². The van der Waals surface area contributed by atoms with E-state index in [4.69, 9.17) is 5.73 Å². The first-order valence-electron chi connectivity index (χ1n) is 8.04. The molecule has 1 aromatic rings. The topological polar surface area (TPSA) is 43.8 Å². The molecule has 1 aliphatic rings. The lowest BCUT2D eigenvalue weighted by atomic mass is 9.94. The molecule has 0 radical (unpaired) electrons. The van der Waals surface area contributed by atoms with Crippen LogP contribution < -0.4 is 5.73 Å². The van der Waals surface area contributed by atoms with Gasteiger partial charge >= 0.3 is 0 Å². The number of nitrogens with zero attached hydrogens (tertiary/aromatic N) is 2. The maximum Gasteiger partial charge on any atom is 0.0670 e. The number of aryl methyl sites for hydroxylation is 1. The predicted molar refractivity (Wildman–Crippen MR) is 80.1 cm³/mol. The monoisotopic (exact) mass is 263 g/mol. The first kappa shape index (κ1) is 14.6. The lowest BCUT2D eigenvalue weighted by Crippen LogP contribution is -2.32. The lowest BCUT2D eigenvalue weighted by molar-refractivity contribution is 0.320. The molecule has 1 aliphatic carbocycles. The summed E-state index contributed by atoms with van der Waals surface area (Å²) in [6.07, 6.45) is 17.3. The molecule has 2 rings (SSSR count). The third kappa shape index (κ3) is 4.64. The van der Waals surface area contributed by atoms with Crippen LogP contribution in [0.25, 0.3) is 0 Å². The van der Waals surface area contributed by atoms with Crippen molar-refractivity contribution in [2.45, 2.75) is 83.2 Å². The summed E-state index contributed by atoms with van der Waals surface area (Å²) in [6.45, 7) is 2.10. The lowest BCUT2D eigenvalue weighted by Gasteiger charge is -2.25. The number of hydrogen-bond acceptors (Lipinski definition) is 2. The Morgan fingerprint density at radius 1 is 1.00 bits per heavy atom. The third-order valence-corrected chi connectivity index (χ3v) is 4.35. The molecule has 19 heavy (non-hydrogen) atoms. The molecule has 2 unspecified atom stereocenters. The highest BCUT2D eigenvalue weighted by Crippen LogP contribution is 2.24. The van der Waals surface area contributed by atoms with Crippen molar-refractivity contribution < 1.29 is 0 Å². The van der Waals surface area contributed by atoms with Crippen LogP contribution in [0.5, 0.6) is 0 Å². The minimum absolute atomic E-state index is 0.263.